The minimum atomic E-state index is -3.75. The van der Waals surface area contributed by atoms with Gasteiger partial charge in [-0.15, -0.1) is 0 Å². The lowest BCUT2D eigenvalue weighted by Crippen LogP contribution is -2.49. The van der Waals surface area contributed by atoms with E-state index in [1.165, 1.54) is 12.1 Å². The van der Waals surface area contributed by atoms with Crippen molar-refractivity contribution in [3.05, 3.63) is 94.5 Å². The molecule has 0 unspecified atom stereocenters. The number of aryl methyl sites for hydroxylation is 1. The van der Waals surface area contributed by atoms with E-state index in [0.717, 1.165) is 16.8 Å². The molecule has 3 aromatic rings. The molecule has 8 heteroatoms. The van der Waals surface area contributed by atoms with E-state index in [9.17, 15) is 13.2 Å². The van der Waals surface area contributed by atoms with Gasteiger partial charge in [0, 0.05) is 49.0 Å². The van der Waals surface area contributed by atoms with E-state index in [-0.39, 0.29) is 17.3 Å². The molecule has 0 atom stereocenters. The molecular formula is C25H26ClN3O3S. The molecule has 172 valence electrons. The van der Waals surface area contributed by atoms with Crippen molar-refractivity contribution in [2.24, 2.45) is 0 Å². The molecule has 1 heterocycles. The van der Waals surface area contributed by atoms with Crippen LogP contribution in [0.15, 0.2) is 77.7 Å². The highest BCUT2D eigenvalue weighted by molar-refractivity contribution is 7.89. The molecule has 1 aliphatic rings. The molecule has 3 aromatic carbocycles. The quantitative estimate of drug-likeness (QED) is 0.573. The van der Waals surface area contributed by atoms with E-state index in [2.05, 4.69) is 9.62 Å². The summed E-state index contributed by atoms with van der Waals surface area (Å²) in [5.41, 5.74) is 3.05. The second-order valence-electron chi connectivity index (χ2n) is 8.05. The van der Waals surface area contributed by atoms with Crippen LogP contribution in [-0.4, -0.2) is 45.4 Å². The van der Waals surface area contributed by atoms with E-state index >= 15 is 0 Å². The summed E-state index contributed by atoms with van der Waals surface area (Å²) in [5, 5.41) is 0.681. The summed E-state index contributed by atoms with van der Waals surface area (Å²) < 4.78 is 28.3. The number of hydrogen-bond acceptors (Lipinski definition) is 4. The Kier molecular flexibility index (Phi) is 7.02. The minimum Gasteiger partial charge on any atom is -0.368 e. The molecule has 0 radical (unpaired) electrons. The Morgan fingerprint density at radius 3 is 2.36 bits per heavy atom. The van der Waals surface area contributed by atoms with Crippen molar-refractivity contribution in [2.75, 3.05) is 31.1 Å². The van der Waals surface area contributed by atoms with Crippen LogP contribution in [0.1, 0.15) is 21.5 Å². The number of hydrogen-bond donors (Lipinski definition) is 1. The van der Waals surface area contributed by atoms with Crippen LogP contribution in [0.4, 0.5) is 5.69 Å². The number of carbonyl (C=O) groups is 1. The van der Waals surface area contributed by atoms with Crippen molar-refractivity contribution in [1.82, 2.24) is 9.62 Å². The Bertz CT molecular complexity index is 1240. The summed E-state index contributed by atoms with van der Waals surface area (Å²) in [6.45, 7) is 4.47. The molecule has 1 amide bonds. The van der Waals surface area contributed by atoms with E-state index in [4.69, 9.17) is 11.6 Å². The third-order valence-electron chi connectivity index (χ3n) is 5.80. The number of amides is 1. The molecule has 1 N–H and O–H groups in total. The molecule has 1 saturated heterocycles. The lowest BCUT2D eigenvalue weighted by molar-refractivity contribution is 0.0746. The predicted molar refractivity (Wildman–Crippen MR) is 131 cm³/mol. The van der Waals surface area contributed by atoms with Crippen LogP contribution in [0.2, 0.25) is 5.02 Å². The Hall–Kier alpha value is -2.87. The molecule has 1 aliphatic heterocycles. The fourth-order valence-electron chi connectivity index (χ4n) is 3.87. The number of piperazine rings is 1. The van der Waals surface area contributed by atoms with Crippen LogP contribution in [0.3, 0.4) is 0 Å². The number of carbonyl (C=O) groups excluding carboxylic acids is 1. The maximum absolute atomic E-state index is 13.2. The van der Waals surface area contributed by atoms with E-state index in [1.54, 1.807) is 11.0 Å². The summed E-state index contributed by atoms with van der Waals surface area (Å²) in [4.78, 5) is 17.3. The molecule has 0 aliphatic carbocycles. The maximum atomic E-state index is 13.2. The number of sulfonamides is 1. The Morgan fingerprint density at radius 1 is 0.939 bits per heavy atom. The summed E-state index contributed by atoms with van der Waals surface area (Å²) >= 11 is 6.10. The second kappa shape index (κ2) is 9.95. The van der Waals surface area contributed by atoms with Gasteiger partial charge in [0.2, 0.25) is 10.0 Å². The molecule has 0 saturated carbocycles. The summed E-state index contributed by atoms with van der Waals surface area (Å²) in [7, 11) is -3.75. The number of halogens is 1. The van der Waals surface area contributed by atoms with Crippen molar-refractivity contribution in [3.8, 4) is 0 Å². The number of benzene rings is 3. The molecule has 0 spiro atoms. The molecule has 4 rings (SSSR count). The van der Waals surface area contributed by atoms with Gasteiger partial charge in [0.05, 0.1) is 4.90 Å². The van der Waals surface area contributed by atoms with Crippen LogP contribution < -0.4 is 9.62 Å². The second-order valence-corrected chi connectivity index (χ2v) is 10.2. The van der Waals surface area contributed by atoms with Gasteiger partial charge in [0.25, 0.3) is 5.91 Å². The van der Waals surface area contributed by atoms with E-state index in [0.29, 0.717) is 36.8 Å². The van der Waals surface area contributed by atoms with Gasteiger partial charge in [-0.25, -0.2) is 13.1 Å². The topological polar surface area (TPSA) is 69.7 Å². The Morgan fingerprint density at radius 2 is 1.67 bits per heavy atom. The average Bonchev–Trinajstić information content (AvgIpc) is 2.83. The lowest BCUT2D eigenvalue weighted by atomic mass is 10.1. The van der Waals surface area contributed by atoms with Crippen LogP contribution in [-0.2, 0) is 16.6 Å². The van der Waals surface area contributed by atoms with Crippen molar-refractivity contribution < 1.29 is 13.2 Å². The smallest absolute Gasteiger partial charge is 0.254 e. The highest BCUT2D eigenvalue weighted by Crippen LogP contribution is 2.23. The normalized spacial score (nSPS) is 14.4. The van der Waals surface area contributed by atoms with Crippen LogP contribution >= 0.6 is 11.6 Å². The third-order valence-corrected chi connectivity index (χ3v) is 7.43. The predicted octanol–water partition coefficient (Wildman–Crippen LogP) is 4.09. The van der Waals surface area contributed by atoms with Crippen molar-refractivity contribution >= 4 is 33.2 Å². The van der Waals surface area contributed by atoms with Crippen molar-refractivity contribution in [3.63, 3.8) is 0 Å². The highest BCUT2D eigenvalue weighted by atomic mass is 35.5. The lowest BCUT2D eigenvalue weighted by Gasteiger charge is -2.36. The zero-order valence-electron chi connectivity index (χ0n) is 18.4. The number of nitrogens with zero attached hydrogens (tertiary/aromatic N) is 2. The molecule has 6 nitrogen and oxygen atoms in total. The molecule has 1 fully saturated rings. The van der Waals surface area contributed by atoms with Crippen LogP contribution in [0.25, 0.3) is 0 Å². The third kappa shape index (κ3) is 5.55. The van der Waals surface area contributed by atoms with Gasteiger partial charge in [0.1, 0.15) is 0 Å². The maximum Gasteiger partial charge on any atom is 0.254 e. The zero-order valence-corrected chi connectivity index (χ0v) is 19.9. The van der Waals surface area contributed by atoms with Gasteiger partial charge in [-0.05, 0) is 48.4 Å². The average molecular weight is 484 g/mol. The van der Waals surface area contributed by atoms with E-state index in [1.807, 2.05) is 61.5 Å². The van der Waals surface area contributed by atoms with Crippen LogP contribution in [0, 0.1) is 6.92 Å². The fourth-order valence-corrected chi connectivity index (χ4v) is 5.10. The summed E-state index contributed by atoms with van der Waals surface area (Å²) in [5.74, 6) is -0.154. The van der Waals surface area contributed by atoms with Gasteiger partial charge in [-0.1, -0.05) is 54.1 Å². The highest BCUT2D eigenvalue weighted by Gasteiger charge is 2.25. The first-order valence-corrected chi connectivity index (χ1v) is 12.6. The molecule has 0 aromatic heterocycles. The first kappa shape index (κ1) is 23.3. The van der Waals surface area contributed by atoms with Gasteiger partial charge < -0.3 is 9.80 Å². The molecule has 33 heavy (non-hydrogen) atoms. The van der Waals surface area contributed by atoms with Crippen molar-refractivity contribution in [1.29, 1.82) is 0 Å². The fraction of sp³-hybridized carbons (Fsp3) is 0.240. The SMILES string of the molecule is Cc1ccc(S(=O)(=O)NCc2ccccc2)cc1C(=O)N1CCN(c2cccc(Cl)c2)CC1. The van der Waals surface area contributed by atoms with Gasteiger partial charge in [0.15, 0.2) is 0 Å². The minimum absolute atomic E-state index is 0.0879. The first-order chi connectivity index (χ1) is 15.8. The number of rotatable bonds is 6. The molecule has 0 bridgehead atoms. The Balaban J connectivity index is 1.45. The summed E-state index contributed by atoms with van der Waals surface area (Å²) in [6.07, 6.45) is 0. The monoisotopic (exact) mass is 483 g/mol. The molecular weight excluding hydrogens is 458 g/mol. The van der Waals surface area contributed by atoms with Gasteiger partial charge >= 0.3 is 0 Å². The number of anilines is 1. The zero-order chi connectivity index (χ0) is 23.4. The van der Waals surface area contributed by atoms with Gasteiger partial charge in [-0.3, -0.25) is 4.79 Å². The van der Waals surface area contributed by atoms with E-state index < -0.39 is 10.0 Å². The van der Waals surface area contributed by atoms with Gasteiger partial charge in [-0.2, -0.15) is 0 Å². The summed E-state index contributed by atoms with van der Waals surface area (Å²) in [6, 6.07) is 21.7. The van der Waals surface area contributed by atoms with Crippen molar-refractivity contribution in [2.45, 2.75) is 18.4 Å². The Labute approximate surface area is 199 Å². The van der Waals surface area contributed by atoms with Crippen LogP contribution in [0.5, 0.6) is 0 Å². The number of nitrogens with one attached hydrogen (secondary N) is 1. The largest absolute Gasteiger partial charge is 0.368 e. The first-order valence-electron chi connectivity index (χ1n) is 10.8. The standard InChI is InChI=1S/C25H26ClN3O3S/c1-19-10-11-23(33(31,32)27-18-20-6-3-2-4-7-20)17-24(19)25(30)29-14-12-28(13-15-29)22-9-5-8-21(26)16-22/h2-11,16-17,27H,12-15,18H2,1H3.